The van der Waals surface area contributed by atoms with Gasteiger partial charge in [-0.3, -0.25) is 0 Å². The van der Waals surface area contributed by atoms with E-state index in [0.29, 0.717) is 0 Å². The van der Waals surface area contributed by atoms with Crippen LogP contribution in [0.25, 0.3) is 20.2 Å². The molecule has 0 nitrogen and oxygen atoms in total. The Morgan fingerprint density at radius 3 is 1.50 bits per heavy atom. The van der Waals surface area contributed by atoms with E-state index < -0.39 is 27.6 Å². The van der Waals surface area contributed by atoms with Crippen LogP contribution in [-0.2, 0) is 5.51 Å². The molecule has 106 valence electrons. The summed E-state index contributed by atoms with van der Waals surface area (Å²) in [4.78, 5) is 0. The van der Waals surface area contributed by atoms with Gasteiger partial charge in [0.15, 0.2) is 9.40 Å². The van der Waals surface area contributed by atoms with E-state index in [1.54, 1.807) is 0 Å². The summed E-state index contributed by atoms with van der Waals surface area (Å²) in [7, 11) is -2.14. The van der Waals surface area contributed by atoms with Crippen molar-refractivity contribution in [2.75, 3.05) is 0 Å². The number of hydrogen-bond acceptors (Lipinski definition) is 0. The fourth-order valence-corrected chi connectivity index (χ4v) is 4.07. The van der Waals surface area contributed by atoms with Gasteiger partial charge >= 0.3 is 5.51 Å². The van der Waals surface area contributed by atoms with Gasteiger partial charge in [0.2, 0.25) is 0 Å². The van der Waals surface area contributed by atoms with E-state index in [1.165, 1.54) is 0 Å². The van der Waals surface area contributed by atoms with Crippen molar-refractivity contribution < 1.29 is 38.9 Å². The number of benzene rings is 2. The summed E-state index contributed by atoms with van der Waals surface area (Å²) < 4.78 is 65.8. The summed E-state index contributed by atoms with van der Waals surface area (Å²) in [6.45, 7) is 0. The van der Waals surface area contributed by atoms with Gasteiger partial charge < -0.3 is 17.0 Å². The number of alkyl halides is 3. The van der Waals surface area contributed by atoms with Crippen LogP contribution in [0.5, 0.6) is 0 Å². The number of fused-ring (bicyclic) bond motifs is 3. The predicted molar refractivity (Wildman–Crippen MR) is 65.1 cm³/mol. The Hall–Kier alpha value is -1.21. The molecule has 0 bridgehead atoms. The van der Waals surface area contributed by atoms with Gasteiger partial charge in [-0.2, -0.15) is 0 Å². The molecule has 0 saturated carbocycles. The van der Waals surface area contributed by atoms with Crippen LogP contribution in [0.2, 0.25) is 0 Å². The molecule has 0 radical (unpaired) electrons. The molecule has 0 aliphatic rings. The molecule has 1 heterocycles. The maximum absolute atomic E-state index is 13.2. The second-order valence-electron chi connectivity index (χ2n) is 4.03. The van der Waals surface area contributed by atoms with E-state index in [1.807, 2.05) is 0 Å². The van der Waals surface area contributed by atoms with Crippen LogP contribution in [0.1, 0.15) is 0 Å². The number of hydrogen-bond donors (Lipinski definition) is 0. The summed E-state index contributed by atoms with van der Waals surface area (Å²) in [6.07, 6.45) is 0. The molecule has 0 amide bonds. The maximum Gasteiger partial charge on any atom is 0.601 e. The zero-order valence-electron chi connectivity index (χ0n) is 9.64. The summed E-state index contributed by atoms with van der Waals surface area (Å²) in [5.41, 5.74) is -4.46. The Kier molecular flexibility index (Phi) is 3.77. The Morgan fingerprint density at radius 2 is 1.15 bits per heavy atom. The predicted octanol–water partition coefficient (Wildman–Crippen LogP) is 2.50. The second-order valence-corrected chi connectivity index (χ2v) is 5.99. The van der Waals surface area contributed by atoms with Crippen LogP contribution >= 0.6 is 10.5 Å². The lowest BCUT2D eigenvalue weighted by molar-refractivity contribution is -0.0862. The second kappa shape index (κ2) is 4.96. The average molecular weight is 369 g/mol. The first-order valence-electron chi connectivity index (χ1n) is 5.28. The molecule has 0 aliphatic carbocycles. The lowest BCUT2D eigenvalue weighted by atomic mass is 10.1. The van der Waals surface area contributed by atoms with Gasteiger partial charge in [-0.25, -0.2) is 8.78 Å². The van der Waals surface area contributed by atoms with Gasteiger partial charge in [-0.1, -0.05) is 0 Å². The Bertz CT molecular complexity index is 731. The molecule has 0 aliphatic heterocycles. The first-order valence-corrected chi connectivity index (χ1v) is 6.51. The molecule has 0 N–H and O–H groups in total. The van der Waals surface area contributed by atoms with Crippen LogP contribution in [0.4, 0.5) is 22.0 Å². The van der Waals surface area contributed by atoms with Crippen molar-refractivity contribution in [3.05, 3.63) is 48.0 Å². The SMILES string of the molecule is Fc1ccc2c(c1)c1cc(F)ccc1[s+]2C(F)(F)F.[Br-]. The Balaban J connectivity index is 0.00000147. The van der Waals surface area contributed by atoms with Crippen molar-refractivity contribution in [1.29, 1.82) is 0 Å². The number of rotatable bonds is 0. The molecule has 3 rings (SSSR count). The minimum atomic E-state index is -4.46. The highest BCUT2D eigenvalue weighted by Gasteiger charge is 2.47. The van der Waals surface area contributed by atoms with Gasteiger partial charge in [-0.05, 0) is 24.3 Å². The minimum Gasteiger partial charge on any atom is -1.00 e. The topological polar surface area (TPSA) is 0 Å². The van der Waals surface area contributed by atoms with Crippen molar-refractivity contribution in [3.8, 4) is 0 Å². The van der Waals surface area contributed by atoms with E-state index in [-0.39, 0.29) is 37.2 Å². The highest BCUT2D eigenvalue weighted by atomic mass is 79.9. The van der Waals surface area contributed by atoms with Gasteiger partial charge in [-0.15, -0.1) is 13.2 Å². The summed E-state index contributed by atoms with van der Waals surface area (Å²) in [6, 6.07) is 6.27. The molecule has 1 aromatic heterocycles. The van der Waals surface area contributed by atoms with Crippen LogP contribution in [-0.4, -0.2) is 0 Å². The quantitative estimate of drug-likeness (QED) is 0.422. The first-order chi connectivity index (χ1) is 8.88. The average Bonchev–Trinajstić information content (AvgIpc) is 2.62. The maximum atomic E-state index is 13.2. The normalized spacial score (nSPS) is 11.8. The molecule has 3 aromatic rings. The summed E-state index contributed by atoms with van der Waals surface area (Å²) in [5.74, 6) is -1.27. The zero-order valence-corrected chi connectivity index (χ0v) is 12.0. The fourth-order valence-electron chi connectivity index (χ4n) is 2.15. The first kappa shape index (κ1) is 15.2. The van der Waals surface area contributed by atoms with Crippen LogP contribution in [0, 0.1) is 11.6 Å². The summed E-state index contributed by atoms with van der Waals surface area (Å²) in [5, 5.41) is 0.241. The third-order valence-corrected chi connectivity index (χ3v) is 4.90. The third kappa shape index (κ3) is 2.29. The lowest BCUT2D eigenvalue weighted by Gasteiger charge is -1.96. The number of thiophene rings is 1. The van der Waals surface area contributed by atoms with E-state index in [2.05, 4.69) is 0 Å². The van der Waals surface area contributed by atoms with Crippen LogP contribution in [0.3, 0.4) is 0 Å². The van der Waals surface area contributed by atoms with Crippen molar-refractivity contribution in [2.45, 2.75) is 5.51 Å². The molecule has 0 saturated heterocycles. The molecule has 0 spiro atoms. The largest absolute Gasteiger partial charge is 1.00 e. The third-order valence-electron chi connectivity index (χ3n) is 2.84. The molecule has 2 aromatic carbocycles. The van der Waals surface area contributed by atoms with Crippen molar-refractivity contribution in [2.24, 2.45) is 0 Å². The molecule has 20 heavy (non-hydrogen) atoms. The van der Waals surface area contributed by atoms with E-state index in [0.717, 1.165) is 36.4 Å². The standard InChI is InChI=1S/C13H6F5S.BrH/c14-7-1-3-11-9(5-7)10-6-8(15)2-4-12(10)19(11)13(16,17)18;/h1-6H;1H/q+1;/p-1. The van der Waals surface area contributed by atoms with Gasteiger partial charge in [0.05, 0.1) is 10.8 Å². The fraction of sp³-hybridized carbons (Fsp3) is 0.0769. The van der Waals surface area contributed by atoms with Crippen LogP contribution < -0.4 is 17.0 Å². The van der Waals surface area contributed by atoms with Crippen molar-refractivity contribution >= 4 is 30.6 Å². The van der Waals surface area contributed by atoms with Gasteiger partial charge in [0.25, 0.3) is 0 Å². The Morgan fingerprint density at radius 1 is 0.750 bits per heavy atom. The van der Waals surface area contributed by atoms with Gasteiger partial charge in [0, 0.05) is 12.1 Å². The molecule has 7 heteroatoms. The van der Waals surface area contributed by atoms with Crippen molar-refractivity contribution in [1.82, 2.24) is 0 Å². The van der Waals surface area contributed by atoms with Crippen molar-refractivity contribution in [3.63, 3.8) is 0 Å². The Labute approximate surface area is 123 Å². The van der Waals surface area contributed by atoms with E-state index in [9.17, 15) is 22.0 Å². The molecule has 0 fully saturated rings. The molecular formula is C13H6BrF5S. The lowest BCUT2D eigenvalue weighted by Crippen LogP contribution is -3.00. The summed E-state index contributed by atoms with van der Waals surface area (Å²) >= 11 is 0. The zero-order chi connectivity index (χ0) is 13.8. The molecule has 0 atom stereocenters. The number of halogens is 6. The van der Waals surface area contributed by atoms with E-state index in [4.69, 9.17) is 0 Å². The minimum absolute atomic E-state index is 0. The smallest absolute Gasteiger partial charge is 0.601 e. The van der Waals surface area contributed by atoms with Crippen LogP contribution in [0.15, 0.2) is 36.4 Å². The molecular weight excluding hydrogens is 363 g/mol. The molecule has 0 unspecified atom stereocenters. The highest BCUT2D eigenvalue weighted by Crippen LogP contribution is 2.53. The van der Waals surface area contributed by atoms with E-state index >= 15 is 0 Å². The monoisotopic (exact) mass is 368 g/mol. The highest BCUT2D eigenvalue weighted by molar-refractivity contribution is 7.43. The van der Waals surface area contributed by atoms with Gasteiger partial charge in [0.1, 0.15) is 22.1 Å².